The molecule has 0 N–H and O–H groups in total. The molecule has 0 atom stereocenters. The molecule has 1 radical (unpaired) electrons. The monoisotopic (exact) mass is 387 g/mol. The fourth-order valence-electron chi connectivity index (χ4n) is 3.23. The summed E-state index contributed by atoms with van der Waals surface area (Å²) >= 11 is 0. The number of para-hydroxylation sites is 2. The van der Waals surface area contributed by atoms with Crippen LogP contribution >= 0.6 is 0 Å². The van der Waals surface area contributed by atoms with E-state index in [1.807, 2.05) is 91.9 Å². The maximum absolute atomic E-state index is 12.8. The van der Waals surface area contributed by atoms with Gasteiger partial charge in [0.05, 0.1) is 0 Å². The minimum Gasteiger partial charge on any atom is -0.316 e. The van der Waals surface area contributed by atoms with E-state index in [-0.39, 0.29) is 11.8 Å². The lowest BCUT2D eigenvalue weighted by Crippen LogP contribution is -2.64. The molecule has 0 bridgehead atoms. The highest BCUT2D eigenvalue weighted by atomic mass is 28.3. The first-order chi connectivity index (χ1) is 13.5. The van der Waals surface area contributed by atoms with Crippen LogP contribution in [0.1, 0.15) is 19.4 Å². The molecule has 0 unspecified atom stereocenters. The van der Waals surface area contributed by atoms with Crippen LogP contribution < -0.4 is 14.3 Å². The quantitative estimate of drug-likeness (QED) is 0.625. The zero-order chi connectivity index (χ0) is 20.1. The van der Waals surface area contributed by atoms with Gasteiger partial charge in [0.2, 0.25) is 11.8 Å². The number of carbonyl (C=O) groups excluding carboxylic acids is 2. The third-order valence-electron chi connectivity index (χ3n) is 4.47. The lowest BCUT2D eigenvalue weighted by molar-refractivity contribution is -0.115. The number of anilines is 2. The molecule has 0 aliphatic heterocycles. The standard InChI is InChI=1S/C23H23N2O2Si/c1-18-12-10-11-17-23(18)28(24(19(2)26)21-13-6-4-7-14-21)25(20(3)27)22-15-8-5-9-16-22/h4-17H,1-3H3. The number of benzene rings is 3. The number of hydrogen-bond donors (Lipinski definition) is 0. The van der Waals surface area contributed by atoms with Crippen LogP contribution in [0.2, 0.25) is 0 Å². The van der Waals surface area contributed by atoms with Crippen LogP contribution in [0.15, 0.2) is 84.9 Å². The Hall–Kier alpha value is -3.18. The van der Waals surface area contributed by atoms with E-state index in [1.165, 1.54) is 0 Å². The van der Waals surface area contributed by atoms with Crippen LogP contribution in [-0.4, -0.2) is 20.9 Å². The molecular formula is C23H23N2O2Si. The van der Waals surface area contributed by atoms with Gasteiger partial charge in [-0.1, -0.05) is 60.7 Å². The van der Waals surface area contributed by atoms with Crippen molar-refractivity contribution in [3.63, 3.8) is 0 Å². The Bertz CT molecular complexity index is 903. The molecule has 28 heavy (non-hydrogen) atoms. The number of aryl methyl sites for hydroxylation is 1. The zero-order valence-electron chi connectivity index (χ0n) is 16.3. The number of hydrogen-bond acceptors (Lipinski definition) is 2. The number of amides is 2. The molecule has 0 fully saturated rings. The van der Waals surface area contributed by atoms with Gasteiger partial charge in [-0.3, -0.25) is 9.59 Å². The van der Waals surface area contributed by atoms with Crippen molar-refractivity contribution in [2.45, 2.75) is 20.8 Å². The molecule has 0 saturated carbocycles. The maximum atomic E-state index is 12.8. The van der Waals surface area contributed by atoms with Crippen molar-refractivity contribution >= 4 is 37.5 Å². The van der Waals surface area contributed by atoms with Crippen LogP contribution in [0.3, 0.4) is 0 Å². The van der Waals surface area contributed by atoms with E-state index in [0.717, 1.165) is 22.1 Å². The predicted octanol–water partition coefficient (Wildman–Crippen LogP) is 3.80. The van der Waals surface area contributed by atoms with Gasteiger partial charge in [0, 0.05) is 25.2 Å². The van der Waals surface area contributed by atoms with Crippen molar-refractivity contribution in [3.05, 3.63) is 90.5 Å². The topological polar surface area (TPSA) is 40.6 Å². The lowest BCUT2D eigenvalue weighted by atomic mass is 10.2. The second kappa shape index (κ2) is 8.67. The minimum atomic E-state index is -1.97. The van der Waals surface area contributed by atoms with E-state index in [4.69, 9.17) is 0 Å². The van der Waals surface area contributed by atoms with E-state index in [0.29, 0.717) is 0 Å². The highest BCUT2D eigenvalue weighted by molar-refractivity contribution is 6.85. The summed E-state index contributed by atoms with van der Waals surface area (Å²) in [6, 6.07) is 27.1. The Balaban J connectivity index is 2.26. The number of rotatable bonds is 5. The molecule has 0 saturated heterocycles. The molecule has 3 aromatic carbocycles. The Labute approximate surface area is 167 Å². The minimum absolute atomic E-state index is 0.0921. The van der Waals surface area contributed by atoms with Gasteiger partial charge in [-0.2, -0.15) is 0 Å². The molecule has 5 heteroatoms. The SMILES string of the molecule is CC(=O)N(c1ccccc1)[Si](c1ccccc1C)N(C(C)=O)c1ccccc1. The van der Waals surface area contributed by atoms with Crippen molar-refractivity contribution in [3.8, 4) is 0 Å². The largest absolute Gasteiger partial charge is 0.350 e. The van der Waals surface area contributed by atoms with Crippen molar-refractivity contribution < 1.29 is 9.59 Å². The van der Waals surface area contributed by atoms with Gasteiger partial charge in [-0.15, -0.1) is 0 Å². The smallest absolute Gasteiger partial charge is 0.316 e. The van der Waals surface area contributed by atoms with Crippen molar-refractivity contribution in [2.24, 2.45) is 0 Å². The third kappa shape index (κ3) is 4.04. The Morgan fingerprint density at radius 1 is 0.643 bits per heavy atom. The highest BCUT2D eigenvalue weighted by Crippen LogP contribution is 2.23. The van der Waals surface area contributed by atoms with Gasteiger partial charge in [0.25, 0.3) is 0 Å². The fourth-order valence-corrected chi connectivity index (χ4v) is 5.97. The van der Waals surface area contributed by atoms with E-state index in [1.54, 1.807) is 23.0 Å². The molecule has 0 heterocycles. The summed E-state index contributed by atoms with van der Waals surface area (Å²) in [5.41, 5.74) is 2.63. The van der Waals surface area contributed by atoms with Crippen molar-refractivity contribution in [1.29, 1.82) is 0 Å². The summed E-state index contributed by atoms with van der Waals surface area (Å²) < 4.78 is 3.56. The Kier molecular flexibility index (Phi) is 6.06. The van der Waals surface area contributed by atoms with Crippen LogP contribution in [0.25, 0.3) is 0 Å². The van der Waals surface area contributed by atoms with Gasteiger partial charge in [0.1, 0.15) is 0 Å². The van der Waals surface area contributed by atoms with Crippen molar-refractivity contribution in [2.75, 3.05) is 9.13 Å². The summed E-state index contributed by atoms with van der Waals surface area (Å²) in [6.07, 6.45) is 0. The maximum Gasteiger partial charge on any atom is 0.350 e. The summed E-state index contributed by atoms with van der Waals surface area (Å²) in [5.74, 6) is -0.184. The summed E-state index contributed by atoms with van der Waals surface area (Å²) in [4.78, 5) is 25.7. The van der Waals surface area contributed by atoms with Gasteiger partial charge in [-0.25, -0.2) is 0 Å². The third-order valence-corrected chi connectivity index (χ3v) is 7.50. The van der Waals surface area contributed by atoms with Gasteiger partial charge >= 0.3 is 9.12 Å². The first-order valence-corrected chi connectivity index (χ1v) is 10.5. The molecule has 3 aromatic rings. The molecule has 4 nitrogen and oxygen atoms in total. The lowest BCUT2D eigenvalue weighted by Gasteiger charge is -2.37. The van der Waals surface area contributed by atoms with Crippen LogP contribution in [0, 0.1) is 6.92 Å². The zero-order valence-corrected chi connectivity index (χ0v) is 17.3. The average molecular weight is 388 g/mol. The second-order valence-electron chi connectivity index (χ2n) is 6.52. The molecule has 141 valence electrons. The normalized spacial score (nSPS) is 10.6. The molecule has 0 spiro atoms. The molecule has 0 aliphatic rings. The van der Waals surface area contributed by atoms with Crippen LogP contribution in [0.5, 0.6) is 0 Å². The molecule has 3 rings (SSSR count). The van der Waals surface area contributed by atoms with Crippen LogP contribution in [-0.2, 0) is 9.59 Å². The Morgan fingerprint density at radius 2 is 1.04 bits per heavy atom. The van der Waals surface area contributed by atoms with E-state index >= 15 is 0 Å². The molecular weight excluding hydrogens is 364 g/mol. The highest BCUT2D eigenvalue weighted by Gasteiger charge is 2.37. The van der Waals surface area contributed by atoms with E-state index < -0.39 is 9.12 Å². The number of carbonyl (C=O) groups is 2. The fraction of sp³-hybridized carbons (Fsp3) is 0.130. The predicted molar refractivity (Wildman–Crippen MR) is 116 cm³/mol. The Morgan fingerprint density at radius 3 is 1.43 bits per heavy atom. The molecule has 0 aromatic heterocycles. The average Bonchev–Trinajstić information content (AvgIpc) is 2.69. The van der Waals surface area contributed by atoms with Crippen molar-refractivity contribution in [1.82, 2.24) is 0 Å². The second-order valence-corrected chi connectivity index (χ2v) is 8.60. The number of nitrogens with zero attached hydrogens (tertiary/aromatic N) is 2. The first kappa shape index (κ1) is 19.6. The van der Waals surface area contributed by atoms with Gasteiger partial charge in [0.15, 0.2) is 0 Å². The van der Waals surface area contributed by atoms with Crippen LogP contribution in [0.4, 0.5) is 11.4 Å². The molecule has 2 amide bonds. The van der Waals surface area contributed by atoms with Gasteiger partial charge in [-0.05, 0) is 41.9 Å². The molecule has 0 aliphatic carbocycles. The summed E-state index contributed by atoms with van der Waals surface area (Å²) in [5, 5.41) is 1.01. The summed E-state index contributed by atoms with van der Waals surface area (Å²) in [6.45, 7) is 5.13. The van der Waals surface area contributed by atoms with Gasteiger partial charge < -0.3 is 9.13 Å². The van der Waals surface area contributed by atoms with E-state index in [9.17, 15) is 9.59 Å². The summed E-state index contributed by atoms with van der Waals surface area (Å²) in [7, 11) is -1.97. The van der Waals surface area contributed by atoms with E-state index in [2.05, 4.69) is 0 Å². The first-order valence-electron chi connectivity index (χ1n) is 9.15.